The zero-order valence-corrected chi connectivity index (χ0v) is 11.2. The number of amides is 1. The topological polar surface area (TPSA) is 55.1 Å². The van der Waals surface area contributed by atoms with Crippen molar-refractivity contribution >= 4 is 23.1 Å². The van der Waals surface area contributed by atoms with Crippen molar-refractivity contribution in [3.05, 3.63) is 0 Å². The quantitative estimate of drug-likeness (QED) is 0.740. The van der Waals surface area contributed by atoms with E-state index in [1.54, 1.807) is 13.8 Å². The molecule has 0 radical (unpaired) electrons. The number of hydrogen-bond donors (Lipinski definition) is 2. The van der Waals surface area contributed by atoms with E-state index in [4.69, 9.17) is 18.0 Å². The highest BCUT2D eigenvalue weighted by atomic mass is 32.1. The van der Waals surface area contributed by atoms with Crippen molar-refractivity contribution in [1.29, 1.82) is 0 Å². The molecule has 1 saturated carbocycles. The van der Waals surface area contributed by atoms with Crippen molar-refractivity contribution in [2.75, 3.05) is 6.54 Å². The van der Waals surface area contributed by atoms with E-state index in [-0.39, 0.29) is 10.9 Å². The van der Waals surface area contributed by atoms with Gasteiger partial charge in [-0.15, -0.1) is 0 Å². The molecule has 1 fully saturated rings. The van der Waals surface area contributed by atoms with Crippen LogP contribution in [-0.4, -0.2) is 17.4 Å². The minimum atomic E-state index is -0.737. The fourth-order valence-corrected chi connectivity index (χ4v) is 2.17. The van der Waals surface area contributed by atoms with Gasteiger partial charge in [0.05, 0.1) is 10.4 Å². The Kier molecular flexibility index (Phi) is 4.30. The van der Waals surface area contributed by atoms with Gasteiger partial charge in [-0.25, -0.2) is 0 Å². The van der Waals surface area contributed by atoms with Gasteiger partial charge in [0.2, 0.25) is 5.91 Å². The van der Waals surface area contributed by atoms with Gasteiger partial charge in [0.15, 0.2) is 0 Å². The lowest BCUT2D eigenvalue weighted by Crippen LogP contribution is -2.45. The minimum absolute atomic E-state index is 0.0560. The number of nitrogens with two attached hydrogens (primary N) is 1. The Morgan fingerprint density at radius 1 is 1.50 bits per heavy atom. The van der Waals surface area contributed by atoms with Gasteiger partial charge >= 0.3 is 0 Å². The first-order valence-corrected chi connectivity index (χ1v) is 6.33. The molecule has 2 atom stereocenters. The number of nitrogens with one attached hydrogen (secondary N) is 1. The molecule has 16 heavy (non-hydrogen) atoms. The summed E-state index contributed by atoms with van der Waals surface area (Å²) in [6.45, 7) is 6.56. The summed E-state index contributed by atoms with van der Waals surface area (Å²) in [4.78, 5) is 12.1. The standard InChI is InChI=1S/C12H22N2OS/c1-8-4-5-9(6-8)7-14-11(15)12(2,3)10(13)16/h8-9H,4-7H2,1-3H3,(H2,13,16)(H,14,15). The Morgan fingerprint density at radius 2 is 2.12 bits per heavy atom. The molecule has 1 rings (SSSR count). The Hall–Kier alpha value is -0.640. The average Bonchev–Trinajstić information content (AvgIpc) is 2.60. The van der Waals surface area contributed by atoms with Crippen LogP contribution in [0.5, 0.6) is 0 Å². The van der Waals surface area contributed by atoms with Crippen molar-refractivity contribution in [2.24, 2.45) is 23.0 Å². The van der Waals surface area contributed by atoms with Gasteiger partial charge in [-0.1, -0.05) is 25.6 Å². The fraction of sp³-hybridized carbons (Fsp3) is 0.833. The van der Waals surface area contributed by atoms with Crippen LogP contribution in [0.4, 0.5) is 0 Å². The maximum Gasteiger partial charge on any atom is 0.232 e. The third-order valence-corrected chi connectivity index (χ3v) is 4.05. The number of carbonyl (C=O) groups excluding carboxylic acids is 1. The Balaban J connectivity index is 2.38. The van der Waals surface area contributed by atoms with Gasteiger partial charge < -0.3 is 11.1 Å². The minimum Gasteiger partial charge on any atom is -0.392 e. The summed E-state index contributed by atoms with van der Waals surface area (Å²) in [6, 6.07) is 0. The number of thiocarbonyl (C=S) groups is 1. The molecule has 0 aliphatic heterocycles. The maximum absolute atomic E-state index is 11.9. The Bertz CT molecular complexity index is 289. The van der Waals surface area contributed by atoms with Gasteiger partial charge in [0, 0.05) is 6.54 Å². The fourth-order valence-electron chi connectivity index (χ4n) is 2.08. The molecule has 3 N–H and O–H groups in total. The van der Waals surface area contributed by atoms with Crippen LogP contribution in [-0.2, 0) is 4.79 Å². The molecule has 0 aromatic heterocycles. The zero-order valence-electron chi connectivity index (χ0n) is 10.4. The van der Waals surface area contributed by atoms with Crippen LogP contribution >= 0.6 is 12.2 Å². The summed E-state index contributed by atoms with van der Waals surface area (Å²) >= 11 is 4.89. The molecule has 92 valence electrons. The van der Waals surface area contributed by atoms with E-state index in [2.05, 4.69) is 12.2 Å². The van der Waals surface area contributed by atoms with Crippen LogP contribution in [0.25, 0.3) is 0 Å². The summed E-state index contributed by atoms with van der Waals surface area (Å²) in [7, 11) is 0. The predicted octanol–water partition coefficient (Wildman–Crippen LogP) is 1.85. The zero-order chi connectivity index (χ0) is 12.3. The van der Waals surface area contributed by atoms with Gasteiger partial charge in [-0.05, 0) is 38.5 Å². The van der Waals surface area contributed by atoms with Crippen LogP contribution < -0.4 is 11.1 Å². The van der Waals surface area contributed by atoms with Crippen LogP contribution in [0.15, 0.2) is 0 Å². The summed E-state index contributed by atoms with van der Waals surface area (Å²) in [5.41, 5.74) is 4.81. The third-order valence-electron chi connectivity index (χ3n) is 3.54. The van der Waals surface area contributed by atoms with E-state index in [0.29, 0.717) is 5.92 Å². The molecule has 3 nitrogen and oxygen atoms in total. The van der Waals surface area contributed by atoms with Gasteiger partial charge in [-0.2, -0.15) is 0 Å². The highest BCUT2D eigenvalue weighted by Crippen LogP contribution is 2.29. The van der Waals surface area contributed by atoms with Crippen molar-refractivity contribution in [3.8, 4) is 0 Å². The van der Waals surface area contributed by atoms with Crippen LogP contribution in [0.1, 0.15) is 40.0 Å². The first kappa shape index (κ1) is 13.4. The molecule has 0 bridgehead atoms. The average molecular weight is 242 g/mol. The number of carbonyl (C=O) groups is 1. The second-order valence-corrected chi connectivity index (χ2v) is 5.92. The molecule has 1 amide bonds. The summed E-state index contributed by atoms with van der Waals surface area (Å²) in [5, 5.41) is 2.96. The lowest BCUT2D eigenvalue weighted by molar-refractivity contribution is -0.126. The third kappa shape index (κ3) is 3.17. The van der Waals surface area contributed by atoms with E-state index >= 15 is 0 Å². The van der Waals surface area contributed by atoms with Crippen LogP contribution in [0.2, 0.25) is 0 Å². The largest absolute Gasteiger partial charge is 0.392 e. The van der Waals surface area contributed by atoms with E-state index in [0.717, 1.165) is 12.5 Å². The van der Waals surface area contributed by atoms with Gasteiger partial charge in [-0.3, -0.25) is 4.79 Å². The first-order chi connectivity index (χ1) is 7.34. The summed E-state index contributed by atoms with van der Waals surface area (Å²) < 4.78 is 0. The molecule has 0 spiro atoms. The van der Waals surface area contributed by atoms with Gasteiger partial charge in [0.1, 0.15) is 0 Å². The van der Waals surface area contributed by atoms with E-state index in [9.17, 15) is 4.79 Å². The number of rotatable bonds is 4. The second kappa shape index (κ2) is 5.13. The monoisotopic (exact) mass is 242 g/mol. The molecule has 0 aromatic rings. The lowest BCUT2D eigenvalue weighted by Gasteiger charge is -2.23. The molecule has 2 unspecified atom stereocenters. The van der Waals surface area contributed by atoms with Crippen LogP contribution in [0.3, 0.4) is 0 Å². The lowest BCUT2D eigenvalue weighted by atomic mass is 9.92. The molecule has 1 aliphatic carbocycles. The van der Waals surface area contributed by atoms with E-state index in [1.165, 1.54) is 19.3 Å². The van der Waals surface area contributed by atoms with Gasteiger partial charge in [0.25, 0.3) is 0 Å². The molecular weight excluding hydrogens is 220 g/mol. The molecule has 4 heteroatoms. The molecule has 1 aliphatic rings. The van der Waals surface area contributed by atoms with Crippen molar-refractivity contribution < 1.29 is 4.79 Å². The first-order valence-electron chi connectivity index (χ1n) is 5.92. The summed E-state index contributed by atoms with van der Waals surface area (Å²) in [6.07, 6.45) is 3.71. The summed E-state index contributed by atoms with van der Waals surface area (Å²) in [5.74, 6) is 1.37. The highest BCUT2D eigenvalue weighted by molar-refractivity contribution is 7.80. The normalized spacial score (nSPS) is 25.4. The smallest absolute Gasteiger partial charge is 0.232 e. The number of hydrogen-bond acceptors (Lipinski definition) is 2. The maximum atomic E-state index is 11.9. The Labute approximate surface area is 103 Å². The van der Waals surface area contributed by atoms with E-state index in [1.807, 2.05) is 0 Å². The second-order valence-electron chi connectivity index (χ2n) is 5.48. The molecule has 0 heterocycles. The van der Waals surface area contributed by atoms with E-state index < -0.39 is 5.41 Å². The predicted molar refractivity (Wildman–Crippen MR) is 70.1 cm³/mol. The van der Waals surface area contributed by atoms with Crippen molar-refractivity contribution in [1.82, 2.24) is 5.32 Å². The van der Waals surface area contributed by atoms with Crippen LogP contribution in [0, 0.1) is 17.3 Å². The van der Waals surface area contributed by atoms with Crippen molar-refractivity contribution in [3.63, 3.8) is 0 Å². The van der Waals surface area contributed by atoms with Crippen molar-refractivity contribution in [2.45, 2.75) is 40.0 Å². The molecule has 0 aromatic carbocycles. The molecule has 0 saturated heterocycles. The highest BCUT2D eigenvalue weighted by Gasteiger charge is 2.31. The molecular formula is C12H22N2OS. The SMILES string of the molecule is CC1CCC(CNC(=O)C(C)(C)C(N)=S)C1. The Morgan fingerprint density at radius 3 is 2.56 bits per heavy atom.